The number of benzene rings is 2. The maximum Gasteiger partial charge on any atom is 0.265 e. The quantitative estimate of drug-likeness (QED) is 0.139. The molecule has 0 atom stereocenters. The van der Waals surface area contributed by atoms with E-state index in [0.29, 0.717) is 11.1 Å². The van der Waals surface area contributed by atoms with E-state index >= 15 is 0 Å². The van der Waals surface area contributed by atoms with Gasteiger partial charge in [0.2, 0.25) is 0 Å². The van der Waals surface area contributed by atoms with Crippen LogP contribution in [0.15, 0.2) is 46.6 Å². The van der Waals surface area contributed by atoms with Gasteiger partial charge in [0.1, 0.15) is 0 Å². The standard InChI is InChI=1S/C16H16N8O4/c17-24-15(20-18-7-9-1-3-11(25)13(27)5-9)22-23-16(24)21-19-8-10-2-4-12(26)14(28)6-10/h1-8,25-28H,17H2,(H,20,22)(H,21,23)/b18-7+,19-8+. The van der Waals surface area contributed by atoms with E-state index in [-0.39, 0.29) is 34.9 Å². The molecule has 28 heavy (non-hydrogen) atoms. The normalized spacial score (nSPS) is 11.3. The molecule has 0 bridgehead atoms. The summed E-state index contributed by atoms with van der Waals surface area (Å²) in [5, 5.41) is 52.8. The average molecular weight is 384 g/mol. The summed E-state index contributed by atoms with van der Waals surface area (Å²) in [6.07, 6.45) is 2.77. The predicted octanol–water partition coefficient (Wildman–Crippen LogP) is 0.706. The molecule has 0 unspecified atom stereocenters. The molecule has 0 fully saturated rings. The molecule has 0 aliphatic heterocycles. The highest BCUT2D eigenvalue weighted by Crippen LogP contribution is 2.24. The minimum atomic E-state index is -0.266. The first-order chi connectivity index (χ1) is 13.4. The van der Waals surface area contributed by atoms with Gasteiger partial charge in [0.15, 0.2) is 23.0 Å². The van der Waals surface area contributed by atoms with Crippen molar-refractivity contribution in [3.63, 3.8) is 0 Å². The SMILES string of the molecule is Nn1c(N/N=C/c2ccc(O)c(O)c2)nnc1N/N=C/c1ccc(O)c(O)c1. The number of aromatic nitrogens is 3. The number of aromatic hydroxyl groups is 4. The molecule has 3 rings (SSSR count). The lowest BCUT2D eigenvalue weighted by molar-refractivity contribution is 0.403. The summed E-state index contributed by atoms with van der Waals surface area (Å²) in [6.45, 7) is 0. The fourth-order valence-electron chi connectivity index (χ4n) is 2.01. The molecule has 8 N–H and O–H groups in total. The zero-order valence-corrected chi connectivity index (χ0v) is 14.2. The molecular weight excluding hydrogens is 368 g/mol. The highest BCUT2D eigenvalue weighted by atomic mass is 16.3. The maximum absolute atomic E-state index is 9.43. The fraction of sp³-hybridized carbons (Fsp3) is 0. The van der Waals surface area contributed by atoms with Crippen molar-refractivity contribution in [1.29, 1.82) is 0 Å². The molecule has 0 aliphatic carbocycles. The van der Waals surface area contributed by atoms with Crippen LogP contribution in [0.3, 0.4) is 0 Å². The fourth-order valence-corrected chi connectivity index (χ4v) is 2.01. The Bertz CT molecular complexity index is 966. The van der Waals surface area contributed by atoms with Crippen LogP contribution in [0.5, 0.6) is 23.0 Å². The lowest BCUT2D eigenvalue weighted by atomic mass is 10.2. The van der Waals surface area contributed by atoms with E-state index in [4.69, 9.17) is 5.84 Å². The molecule has 0 saturated heterocycles. The molecule has 12 heteroatoms. The average Bonchev–Trinajstić information content (AvgIpc) is 3.01. The Labute approximate surface area is 157 Å². The number of hydrogen-bond donors (Lipinski definition) is 7. The van der Waals surface area contributed by atoms with Gasteiger partial charge in [-0.15, -0.1) is 10.2 Å². The van der Waals surface area contributed by atoms with Gasteiger partial charge in [-0.05, 0) is 47.5 Å². The van der Waals surface area contributed by atoms with E-state index in [1.54, 1.807) is 12.1 Å². The second kappa shape index (κ2) is 7.82. The van der Waals surface area contributed by atoms with Gasteiger partial charge in [0.25, 0.3) is 11.9 Å². The van der Waals surface area contributed by atoms with E-state index in [1.807, 2.05) is 0 Å². The van der Waals surface area contributed by atoms with Crippen molar-refractivity contribution in [2.45, 2.75) is 0 Å². The monoisotopic (exact) mass is 384 g/mol. The lowest BCUT2D eigenvalue weighted by Crippen LogP contribution is -2.14. The Hall–Kier alpha value is -4.48. The molecular formula is C16H16N8O4. The van der Waals surface area contributed by atoms with Crippen molar-refractivity contribution in [1.82, 2.24) is 14.9 Å². The number of hydrazone groups is 2. The van der Waals surface area contributed by atoms with Crippen LogP contribution < -0.4 is 16.7 Å². The number of phenolic OH excluding ortho intramolecular Hbond substituents is 4. The Balaban J connectivity index is 1.61. The van der Waals surface area contributed by atoms with E-state index in [1.165, 1.54) is 36.7 Å². The van der Waals surface area contributed by atoms with E-state index in [2.05, 4.69) is 31.3 Å². The van der Waals surface area contributed by atoms with Crippen LogP contribution in [0.2, 0.25) is 0 Å². The molecule has 12 nitrogen and oxygen atoms in total. The van der Waals surface area contributed by atoms with Gasteiger partial charge in [-0.3, -0.25) is 0 Å². The van der Waals surface area contributed by atoms with Crippen molar-refractivity contribution < 1.29 is 20.4 Å². The van der Waals surface area contributed by atoms with E-state index < -0.39 is 0 Å². The largest absolute Gasteiger partial charge is 0.504 e. The number of nitrogen functional groups attached to an aromatic ring is 1. The summed E-state index contributed by atoms with van der Waals surface area (Å²) < 4.78 is 1.07. The van der Waals surface area contributed by atoms with Crippen LogP contribution in [0.25, 0.3) is 0 Å². The van der Waals surface area contributed by atoms with Crippen LogP contribution in [-0.4, -0.2) is 47.7 Å². The summed E-state index contributed by atoms with van der Waals surface area (Å²) in [6, 6.07) is 8.42. The number of nitrogens with one attached hydrogen (secondary N) is 2. The number of phenols is 4. The predicted molar refractivity (Wildman–Crippen MR) is 102 cm³/mol. The summed E-state index contributed by atoms with van der Waals surface area (Å²) in [5.41, 5.74) is 6.22. The number of anilines is 2. The number of nitrogens with zero attached hydrogens (tertiary/aromatic N) is 5. The van der Waals surface area contributed by atoms with Gasteiger partial charge in [0, 0.05) is 0 Å². The first-order valence-electron chi connectivity index (χ1n) is 7.76. The highest BCUT2D eigenvalue weighted by Gasteiger charge is 2.07. The smallest absolute Gasteiger partial charge is 0.265 e. The summed E-state index contributed by atoms with van der Waals surface area (Å²) in [5.74, 6) is 5.05. The number of rotatable bonds is 6. The van der Waals surface area contributed by atoms with E-state index in [0.717, 1.165) is 4.68 Å². The third-order valence-corrected chi connectivity index (χ3v) is 3.45. The Morgan fingerprint density at radius 2 is 1.18 bits per heavy atom. The topological polar surface area (TPSA) is 186 Å². The van der Waals surface area contributed by atoms with Gasteiger partial charge in [-0.25, -0.2) is 10.9 Å². The van der Waals surface area contributed by atoms with Crippen molar-refractivity contribution >= 4 is 24.3 Å². The van der Waals surface area contributed by atoms with Crippen LogP contribution >= 0.6 is 0 Å². The van der Waals surface area contributed by atoms with Crippen molar-refractivity contribution in [2.75, 3.05) is 16.7 Å². The first-order valence-corrected chi connectivity index (χ1v) is 7.76. The van der Waals surface area contributed by atoms with Crippen molar-refractivity contribution in [3.8, 4) is 23.0 Å². The molecule has 144 valence electrons. The van der Waals surface area contributed by atoms with Gasteiger partial charge < -0.3 is 26.3 Å². The molecule has 0 saturated carbocycles. The zero-order chi connectivity index (χ0) is 20.1. The van der Waals surface area contributed by atoms with Crippen molar-refractivity contribution in [2.24, 2.45) is 10.2 Å². The van der Waals surface area contributed by atoms with Gasteiger partial charge in [-0.2, -0.15) is 14.9 Å². The van der Waals surface area contributed by atoms with Gasteiger partial charge in [-0.1, -0.05) is 0 Å². The van der Waals surface area contributed by atoms with Gasteiger partial charge >= 0.3 is 0 Å². The molecule has 0 radical (unpaired) electrons. The second-order valence-electron chi connectivity index (χ2n) is 5.45. The van der Waals surface area contributed by atoms with Crippen molar-refractivity contribution in [3.05, 3.63) is 47.5 Å². The molecule has 0 amide bonds. The lowest BCUT2D eigenvalue weighted by Gasteiger charge is -2.02. The molecule has 3 aromatic rings. The van der Waals surface area contributed by atoms with Crippen LogP contribution in [0.1, 0.15) is 11.1 Å². The van der Waals surface area contributed by atoms with Crippen LogP contribution in [0, 0.1) is 0 Å². The van der Waals surface area contributed by atoms with Crippen LogP contribution in [-0.2, 0) is 0 Å². The summed E-state index contributed by atoms with van der Waals surface area (Å²) in [7, 11) is 0. The van der Waals surface area contributed by atoms with Gasteiger partial charge in [0.05, 0.1) is 12.4 Å². The third kappa shape index (κ3) is 4.19. The Morgan fingerprint density at radius 1 is 0.750 bits per heavy atom. The third-order valence-electron chi connectivity index (χ3n) is 3.45. The molecule has 0 aliphatic rings. The first kappa shape index (κ1) is 18.3. The maximum atomic E-state index is 9.43. The van der Waals surface area contributed by atoms with Crippen LogP contribution in [0.4, 0.5) is 11.9 Å². The Morgan fingerprint density at radius 3 is 1.57 bits per heavy atom. The minimum Gasteiger partial charge on any atom is -0.504 e. The molecule has 1 heterocycles. The molecule has 2 aromatic carbocycles. The second-order valence-corrected chi connectivity index (χ2v) is 5.45. The van der Waals surface area contributed by atoms with E-state index in [9.17, 15) is 20.4 Å². The molecule has 0 spiro atoms. The number of hydrogen-bond acceptors (Lipinski definition) is 11. The zero-order valence-electron chi connectivity index (χ0n) is 14.2. The minimum absolute atomic E-state index is 0.110. The summed E-state index contributed by atoms with van der Waals surface area (Å²) >= 11 is 0. The number of nitrogens with two attached hydrogens (primary N) is 1. The highest BCUT2D eigenvalue weighted by molar-refractivity contribution is 5.82. The Kier molecular flexibility index (Phi) is 5.12. The molecule has 1 aromatic heterocycles. The summed E-state index contributed by atoms with van der Waals surface area (Å²) in [4.78, 5) is 0.